The highest BCUT2D eigenvalue weighted by Gasteiger charge is 2.07. The summed E-state index contributed by atoms with van der Waals surface area (Å²) in [4.78, 5) is 25.7. The van der Waals surface area contributed by atoms with E-state index in [-0.39, 0.29) is 5.91 Å². The molecule has 0 saturated carbocycles. The third-order valence-electron chi connectivity index (χ3n) is 5.31. The molecule has 0 radical (unpaired) electrons. The Kier molecular flexibility index (Phi) is 9.52. The monoisotopic (exact) mass is 491 g/mol. The molecule has 2 N–H and O–H groups in total. The maximum Gasteiger partial charge on any atom is 0.247 e. The number of amides is 1. The number of hydrogen-bond donors (Lipinski definition) is 2. The molecule has 0 bridgehead atoms. The summed E-state index contributed by atoms with van der Waals surface area (Å²) in [7, 11) is 1.66. The molecule has 0 unspecified atom stereocenters. The third kappa shape index (κ3) is 8.02. The number of anilines is 1. The van der Waals surface area contributed by atoms with Crippen molar-refractivity contribution in [2.24, 2.45) is 4.99 Å². The van der Waals surface area contributed by atoms with Gasteiger partial charge in [0.2, 0.25) is 5.91 Å². The average Bonchev–Trinajstić information content (AvgIpc) is 2.83. The number of aliphatic imine (C=N–C) groups is 1. The van der Waals surface area contributed by atoms with Crippen molar-refractivity contribution in [2.75, 3.05) is 25.6 Å². The van der Waals surface area contributed by atoms with Crippen molar-refractivity contribution in [1.82, 2.24) is 15.3 Å². The number of benzene rings is 1. The molecule has 3 rings (SSSR count). The second-order valence-electron chi connectivity index (χ2n) is 8.09. The Morgan fingerprint density at radius 3 is 2.86 bits per heavy atom. The fourth-order valence-corrected chi connectivity index (χ4v) is 3.51. The van der Waals surface area contributed by atoms with Gasteiger partial charge >= 0.3 is 0 Å². The number of rotatable bonds is 11. The Hall–Kier alpha value is -3.55. The molecule has 1 amide bonds. The molecule has 0 aliphatic heterocycles. The standard InChI is InChI=1S/C27H30ClN5O2/c1-18(27(34)32-16-22-6-8-26(33-20(22)3)30-11-12-35-4)9-10-29-19(2)13-21-5-7-25-23(14-21)15-24(28)17-31-25/h5-10,14-15,17H,2,11-13,16H2,1,3-4H3,(H,30,33)(H,32,34)/b18-9+,29-10?. The van der Waals surface area contributed by atoms with Crippen LogP contribution in [0.5, 0.6) is 0 Å². The number of nitrogens with zero attached hydrogens (tertiary/aromatic N) is 3. The Morgan fingerprint density at radius 2 is 2.09 bits per heavy atom. The maximum atomic E-state index is 12.5. The van der Waals surface area contributed by atoms with Gasteiger partial charge in [-0.3, -0.25) is 14.8 Å². The number of fused-ring (bicyclic) bond motifs is 1. The number of carbonyl (C=O) groups is 1. The van der Waals surface area contributed by atoms with Crippen molar-refractivity contribution in [3.05, 3.63) is 88.4 Å². The second kappa shape index (κ2) is 12.8. The molecular formula is C27H30ClN5O2. The number of aromatic nitrogens is 2. The molecule has 7 nitrogen and oxygen atoms in total. The highest BCUT2D eigenvalue weighted by Crippen LogP contribution is 2.19. The van der Waals surface area contributed by atoms with Gasteiger partial charge < -0.3 is 15.4 Å². The summed E-state index contributed by atoms with van der Waals surface area (Å²) in [5.41, 5.74) is 5.00. The topological polar surface area (TPSA) is 88.5 Å². The van der Waals surface area contributed by atoms with Gasteiger partial charge in [-0.05, 0) is 55.3 Å². The zero-order valence-electron chi connectivity index (χ0n) is 20.3. The molecule has 1 aromatic carbocycles. The number of carbonyl (C=O) groups excluding carboxylic acids is 1. The molecule has 0 saturated heterocycles. The molecule has 0 aliphatic carbocycles. The first-order chi connectivity index (χ1) is 16.9. The predicted molar refractivity (Wildman–Crippen MR) is 143 cm³/mol. The minimum atomic E-state index is -0.164. The summed E-state index contributed by atoms with van der Waals surface area (Å²) in [5, 5.41) is 7.69. The fraction of sp³-hybridized carbons (Fsp3) is 0.259. The van der Waals surface area contributed by atoms with Crippen LogP contribution in [-0.2, 0) is 22.5 Å². The molecule has 2 aromatic heterocycles. The van der Waals surface area contributed by atoms with Gasteiger partial charge in [0.25, 0.3) is 0 Å². The Balaban J connectivity index is 1.50. The molecule has 182 valence electrons. The van der Waals surface area contributed by atoms with Gasteiger partial charge in [-0.1, -0.05) is 30.3 Å². The largest absolute Gasteiger partial charge is 0.383 e. The number of aryl methyl sites for hydroxylation is 1. The zero-order chi connectivity index (χ0) is 25.2. The van der Waals surface area contributed by atoms with Crippen molar-refractivity contribution in [1.29, 1.82) is 0 Å². The van der Waals surface area contributed by atoms with Gasteiger partial charge in [0.15, 0.2) is 0 Å². The van der Waals surface area contributed by atoms with Gasteiger partial charge in [-0.2, -0.15) is 0 Å². The molecular weight excluding hydrogens is 462 g/mol. The lowest BCUT2D eigenvalue weighted by Gasteiger charge is -2.10. The second-order valence-corrected chi connectivity index (χ2v) is 8.53. The molecule has 0 atom stereocenters. The zero-order valence-corrected chi connectivity index (χ0v) is 21.0. The van der Waals surface area contributed by atoms with Gasteiger partial charge in [0.1, 0.15) is 5.82 Å². The van der Waals surface area contributed by atoms with Crippen molar-refractivity contribution in [2.45, 2.75) is 26.8 Å². The predicted octanol–water partition coefficient (Wildman–Crippen LogP) is 5.04. The first-order valence-electron chi connectivity index (χ1n) is 11.3. The molecule has 0 fully saturated rings. The van der Waals surface area contributed by atoms with Crippen LogP contribution in [0.1, 0.15) is 23.7 Å². The SMILES string of the molecule is C=C(Cc1ccc2ncc(Cl)cc2c1)N=C/C=C(\C)C(=O)NCc1ccc(NCCOC)nc1C. The lowest BCUT2D eigenvalue weighted by molar-refractivity contribution is -0.117. The summed E-state index contributed by atoms with van der Waals surface area (Å²) >= 11 is 6.04. The Bertz CT molecular complexity index is 1270. The van der Waals surface area contributed by atoms with E-state index < -0.39 is 0 Å². The number of hydrogen-bond acceptors (Lipinski definition) is 6. The highest BCUT2D eigenvalue weighted by molar-refractivity contribution is 6.31. The molecule has 8 heteroatoms. The van der Waals surface area contributed by atoms with Crippen molar-refractivity contribution >= 4 is 40.4 Å². The Labute approximate surface area is 211 Å². The van der Waals surface area contributed by atoms with Crippen molar-refractivity contribution in [3.63, 3.8) is 0 Å². The Morgan fingerprint density at radius 1 is 1.26 bits per heavy atom. The van der Waals surface area contributed by atoms with E-state index in [1.54, 1.807) is 32.5 Å². The van der Waals surface area contributed by atoms with Crippen molar-refractivity contribution < 1.29 is 9.53 Å². The number of halogens is 1. The van der Waals surface area contributed by atoms with E-state index in [9.17, 15) is 4.79 Å². The van der Waals surface area contributed by atoms with Gasteiger partial charge in [0.05, 0.1) is 17.1 Å². The minimum absolute atomic E-state index is 0.164. The highest BCUT2D eigenvalue weighted by atomic mass is 35.5. The van der Waals surface area contributed by atoms with E-state index >= 15 is 0 Å². The van der Waals surface area contributed by atoms with E-state index in [2.05, 4.69) is 32.2 Å². The number of allylic oxidation sites excluding steroid dienone is 2. The van der Waals surface area contributed by atoms with E-state index in [1.165, 1.54) is 0 Å². The van der Waals surface area contributed by atoms with Gasteiger partial charge in [-0.25, -0.2) is 4.98 Å². The van der Waals surface area contributed by atoms with E-state index in [1.807, 2.05) is 43.3 Å². The van der Waals surface area contributed by atoms with Crippen LogP contribution in [0.3, 0.4) is 0 Å². The van der Waals surface area contributed by atoms with Crippen LogP contribution < -0.4 is 10.6 Å². The van der Waals surface area contributed by atoms with Crippen LogP contribution in [0, 0.1) is 6.92 Å². The summed E-state index contributed by atoms with van der Waals surface area (Å²) < 4.78 is 5.03. The van der Waals surface area contributed by atoms with Gasteiger partial charge in [-0.15, -0.1) is 0 Å². The van der Waals surface area contributed by atoms with Gasteiger partial charge in [0, 0.05) is 61.4 Å². The first-order valence-corrected chi connectivity index (χ1v) is 11.6. The van der Waals surface area contributed by atoms with E-state index in [0.29, 0.717) is 42.4 Å². The lowest BCUT2D eigenvalue weighted by Crippen LogP contribution is -2.24. The molecule has 35 heavy (non-hydrogen) atoms. The van der Waals surface area contributed by atoms with E-state index in [0.717, 1.165) is 33.5 Å². The maximum absolute atomic E-state index is 12.5. The number of pyridine rings is 2. The average molecular weight is 492 g/mol. The number of ether oxygens (including phenoxy) is 1. The van der Waals surface area contributed by atoms with E-state index in [4.69, 9.17) is 16.3 Å². The fourth-order valence-electron chi connectivity index (χ4n) is 3.35. The molecule has 2 heterocycles. The van der Waals surface area contributed by atoms with Crippen LogP contribution in [0.4, 0.5) is 5.82 Å². The van der Waals surface area contributed by atoms with Crippen molar-refractivity contribution in [3.8, 4) is 0 Å². The third-order valence-corrected chi connectivity index (χ3v) is 5.51. The molecule has 0 spiro atoms. The van der Waals surface area contributed by atoms with Crippen LogP contribution >= 0.6 is 11.6 Å². The lowest BCUT2D eigenvalue weighted by atomic mass is 10.1. The normalized spacial score (nSPS) is 11.7. The van der Waals surface area contributed by atoms with Crippen LogP contribution in [0.15, 0.2) is 71.5 Å². The first kappa shape index (κ1) is 26.1. The van der Waals surface area contributed by atoms with Crippen LogP contribution in [0.25, 0.3) is 10.9 Å². The molecule has 3 aromatic rings. The summed E-state index contributed by atoms with van der Waals surface area (Å²) in [6.45, 7) is 9.38. The molecule has 0 aliphatic rings. The summed E-state index contributed by atoms with van der Waals surface area (Å²) in [6.07, 6.45) is 5.50. The summed E-state index contributed by atoms with van der Waals surface area (Å²) in [6, 6.07) is 11.7. The smallest absolute Gasteiger partial charge is 0.247 e. The minimum Gasteiger partial charge on any atom is -0.383 e. The quantitative estimate of drug-likeness (QED) is 0.223. The number of methoxy groups -OCH3 is 1. The van der Waals surface area contributed by atoms with Crippen LogP contribution in [0.2, 0.25) is 5.02 Å². The summed E-state index contributed by atoms with van der Waals surface area (Å²) in [5.74, 6) is 0.619. The van der Waals surface area contributed by atoms with Crippen LogP contribution in [-0.4, -0.2) is 42.4 Å². The number of nitrogens with one attached hydrogen (secondary N) is 2.